The molecule has 1 aromatic rings. The molecule has 0 radical (unpaired) electrons. The van der Waals surface area contributed by atoms with E-state index >= 15 is 0 Å². The van der Waals surface area contributed by atoms with Gasteiger partial charge in [0.05, 0.1) is 18.7 Å². The average Bonchev–Trinajstić information content (AvgIpc) is 3.37. The third kappa shape index (κ3) is 4.89. The summed E-state index contributed by atoms with van der Waals surface area (Å²) >= 11 is 0. The van der Waals surface area contributed by atoms with Crippen molar-refractivity contribution < 1.29 is 14.3 Å². The number of hydrogen-bond acceptors (Lipinski definition) is 5. The molecule has 0 atom stereocenters. The van der Waals surface area contributed by atoms with Crippen LogP contribution in [-0.2, 0) is 15.1 Å². The topological polar surface area (TPSA) is 67.7 Å². The van der Waals surface area contributed by atoms with Crippen molar-refractivity contribution in [2.75, 3.05) is 39.3 Å². The zero-order valence-corrected chi connectivity index (χ0v) is 17.0. The molecule has 0 unspecified atom stereocenters. The summed E-state index contributed by atoms with van der Waals surface area (Å²) < 4.78 is 7.06. The monoisotopic (exact) mass is 376 g/mol. The molecular weight excluding hydrogens is 344 g/mol. The Kier molecular flexibility index (Phi) is 5.89. The highest BCUT2D eigenvalue weighted by Gasteiger charge is 2.33. The van der Waals surface area contributed by atoms with Crippen LogP contribution in [0.4, 0.5) is 0 Å². The van der Waals surface area contributed by atoms with Crippen LogP contribution in [0.25, 0.3) is 0 Å². The van der Waals surface area contributed by atoms with Crippen molar-refractivity contribution in [1.29, 1.82) is 0 Å². The smallest absolute Gasteiger partial charge is 0.320 e. The van der Waals surface area contributed by atoms with Gasteiger partial charge in [0.15, 0.2) is 5.69 Å². The van der Waals surface area contributed by atoms with E-state index < -0.39 is 0 Å². The lowest BCUT2D eigenvalue weighted by atomic mass is 10.1. The van der Waals surface area contributed by atoms with Gasteiger partial charge in [0.25, 0.3) is 5.91 Å². The first kappa shape index (κ1) is 19.9. The van der Waals surface area contributed by atoms with Gasteiger partial charge in [-0.25, -0.2) is 0 Å². The molecule has 1 amide bonds. The van der Waals surface area contributed by atoms with Gasteiger partial charge >= 0.3 is 5.97 Å². The quantitative estimate of drug-likeness (QED) is 0.737. The van der Waals surface area contributed by atoms with Gasteiger partial charge in [-0.2, -0.15) is 5.10 Å². The second-order valence-electron chi connectivity index (χ2n) is 8.54. The molecule has 7 heteroatoms. The van der Waals surface area contributed by atoms with Gasteiger partial charge in [-0.1, -0.05) is 0 Å². The van der Waals surface area contributed by atoms with E-state index in [1.165, 1.54) is 18.5 Å². The summed E-state index contributed by atoms with van der Waals surface area (Å²) in [6.07, 6.45) is 3.21. The minimum atomic E-state index is -0.199. The molecule has 27 heavy (non-hydrogen) atoms. The maximum atomic E-state index is 13.1. The Hall–Kier alpha value is -1.89. The Balaban J connectivity index is 1.67. The summed E-state index contributed by atoms with van der Waals surface area (Å²) in [5, 5.41) is 4.68. The van der Waals surface area contributed by atoms with Crippen molar-refractivity contribution in [3.05, 3.63) is 17.5 Å². The summed E-state index contributed by atoms with van der Waals surface area (Å²) in [5.41, 5.74) is 1.60. The number of hydrogen-bond donors (Lipinski definition) is 0. The Morgan fingerprint density at radius 2 is 1.93 bits per heavy atom. The van der Waals surface area contributed by atoms with E-state index in [9.17, 15) is 9.59 Å². The Morgan fingerprint density at radius 1 is 1.19 bits per heavy atom. The number of carbonyl (C=O) groups excluding carboxylic acids is 2. The van der Waals surface area contributed by atoms with Crippen LogP contribution in [0, 0.1) is 0 Å². The van der Waals surface area contributed by atoms with Crippen LogP contribution in [0.3, 0.4) is 0 Å². The van der Waals surface area contributed by atoms with E-state index in [0.717, 1.165) is 13.0 Å². The summed E-state index contributed by atoms with van der Waals surface area (Å²) in [4.78, 5) is 28.7. The maximum Gasteiger partial charge on any atom is 0.320 e. The van der Waals surface area contributed by atoms with Crippen molar-refractivity contribution >= 4 is 11.9 Å². The largest absolute Gasteiger partial charge is 0.465 e. The first-order valence-electron chi connectivity index (χ1n) is 10.1. The van der Waals surface area contributed by atoms with Gasteiger partial charge in [0.1, 0.15) is 0 Å². The molecule has 1 saturated heterocycles. The number of aromatic nitrogens is 2. The number of amides is 1. The van der Waals surface area contributed by atoms with Crippen LogP contribution in [0.15, 0.2) is 6.07 Å². The van der Waals surface area contributed by atoms with E-state index in [-0.39, 0.29) is 17.4 Å². The fourth-order valence-corrected chi connectivity index (χ4v) is 3.59. The highest BCUT2D eigenvalue weighted by molar-refractivity contribution is 5.92. The number of carbonyl (C=O) groups is 2. The minimum Gasteiger partial charge on any atom is -0.465 e. The molecule has 2 heterocycles. The molecule has 0 bridgehead atoms. The zero-order chi connectivity index (χ0) is 19.6. The van der Waals surface area contributed by atoms with Crippen molar-refractivity contribution in [1.82, 2.24) is 19.6 Å². The standard InChI is InChI=1S/C20H32N4O3/c1-5-27-18(25)14-22-9-6-10-23(12-11-22)19(26)16-13-17(15-7-8-15)24(21-16)20(2,3)4/h13,15H,5-12,14H2,1-4H3. The lowest BCUT2D eigenvalue weighted by Crippen LogP contribution is -2.37. The molecule has 3 rings (SSSR count). The molecule has 0 aromatic carbocycles. The zero-order valence-electron chi connectivity index (χ0n) is 17.0. The molecular formula is C20H32N4O3. The fourth-order valence-electron chi connectivity index (χ4n) is 3.59. The van der Waals surface area contributed by atoms with Crippen LogP contribution in [0.1, 0.15) is 69.1 Å². The van der Waals surface area contributed by atoms with E-state index in [1.807, 2.05) is 22.6 Å². The molecule has 1 aromatic heterocycles. The number of esters is 1. The Bertz CT molecular complexity index is 688. The maximum absolute atomic E-state index is 13.1. The van der Waals surface area contributed by atoms with Gasteiger partial charge in [-0.3, -0.25) is 19.2 Å². The van der Waals surface area contributed by atoms with E-state index in [1.54, 1.807) is 0 Å². The van der Waals surface area contributed by atoms with E-state index in [0.29, 0.717) is 44.4 Å². The van der Waals surface area contributed by atoms with Crippen LogP contribution in [0.2, 0.25) is 0 Å². The summed E-state index contributed by atoms with van der Waals surface area (Å²) in [6.45, 7) is 11.7. The van der Waals surface area contributed by atoms with E-state index in [4.69, 9.17) is 4.74 Å². The highest BCUT2D eigenvalue weighted by Crippen LogP contribution is 2.41. The number of rotatable bonds is 5. The molecule has 0 N–H and O–H groups in total. The molecule has 150 valence electrons. The Morgan fingerprint density at radius 3 is 2.56 bits per heavy atom. The van der Waals surface area contributed by atoms with Gasteiger partial charge in [-0.15, -0.1) is 0 Å². The van der Waals surface area contributed by atoms with Crippen LogP contribution in [0.5, 0.6) is 0 Å². The summed E-state index contributed by atoms with van der Waals surface area (Å²) in [6, 6.07) is 1.99. The first-order chi connectivity index (χ1) is 12.8. The van der Waals surface area contributed by atoms with Gasteiger partial charge in [0, 0.05) is 37.8 Å². The minimum absolute atomic E-state index is 0.00196. The summed E-state index contributed by atoms with van der Waals surface area (Å²) in [7, 11) is 0. The summed E-state index contributed by atoms with van der Waals surface area (Å²) in [5.74, 6) is 0.343. The molecule has 0 spiro atoms. The third-order valence-electron chi connectivity index (χ3n) is 5.12. The average molecular weight is 377 g/mol. The van der Waals surface area contributed by atoms with Crippen molar-refractivity contribution in [3.63, 3.8) is 0 Å². The number of nitrogens with zero attached hydrogens (tertiary/aromatic N) is 4. The predicted molar refractivity (Wildman–Crippen MR) is 103 cm³/mol. The third-order valence-corrected chi connectivity index (χ3v) is 5.12. The highest BCUT2D eigenvalue weighted by atomic mass is 16.5. The molecule has 1 aliphatic carbocycles. The SMILES string of the molecule is CCOC(=O)CN1CCCN(C(=O)c2cc(C3CC3)n(C(C)(C)C)n2)CC1. The van der Waals surface area contributed by atoms with Crippen LogP contribution in [-0.4, -0.2) is 70.8 Å². The fraction of sp³-hybridized carbons (Fsp3) is 0.750. The molecule has 2 fully saturated rings. The van der Waals surface area contributed by atoms with Gasteiger partial charge in [-0.05, 0) is 53.0 Å². The van der Waals surface area contributed by atoms with E-state index in [2.05, 4.69) is 30.8 Å². The first-order valence-corrected chi connectivity index (χ1v) is 10.1. The Labute approximate surface area is 161 Å². The van der Waals surface area contributed by atoms with Crippen molar-refractivity contribution in [2.45, 2.75) is 58.4 Å². The second-order valence-corrected chi connectivity index (χ2v) is 8.54. The molecule has 2 aliphatic rings. The number of ether oxygens (including phenoxy) is 1. The van der Waals surface area contributed by atoms with Crippen molar-refractivity contribution in [2.24, 2.45) is 0 Å². The van der Waals surface area contributed by atoms with Crippen LogP contribution >= 0.6 is 0 Å². The van der Waals surface area contributed by atoms with Gasteiger partial charge < -0.3 is 9.64 Å². The van der Waals surface area contributed by atoms with Crippen molar-refractivity contribution in [3.8, 4) is 0 Å². The normalized spacial score (nSPS) is 19.0. The molecule has 1 aliphatic heterocycles. The molecule has 1 saturated carbocycles. The second kappa shape index (κ2) is 8.00. The predicted octanol–water partition coefficient (Wildman–Crippen LogP) is 2.23. The van der Waals surface area contributed by atoms with Crippen LogP contribution < -0.4 is 0 Å². The molecule has 7 nitrogen and oxygen atoms in total. The van der Waals surface area contributed by atoms with Gasteiger partial charge in [0.2, 0.25) is 0 Å². The lowest BCUT2D eigenvalue weighted by molar-refractivity contribution is -0.144. The lowest BCUT2D eigenvalue weighted by Gasteiger charge is -2.23.